The molecule has 0 radical (unpaired) electrons. The molecule has 2 amide bonds. The molecule has 1 N–H and O–H groups in total. The van der Waals surface area contributed by atoms with Crippen LogP contribution in [0.3, 0.4) is 0 Å². The van der Waals surface area contributed by atoms with E-state index in [0.29, 0.717) is 13.0 Å². The Bertz CT molecular complexity index is 535. The van der Waals surface area contributed by atoms with Crippen molar-refractivity contribution in [1.82, 2.24) is 10.2 Å². The maximum absolute atomic E-state index is 12.3. The number of nitrogens with one attached hydrogen (secondary N) is 1. The van der Waals surface area contributed by atoms with Crippen molar-refractivity contribution in [1.29, 1.82) is 0 Å². The molecule has 21 heavy (non-hydrogen) atoms. The Morgan fingerprint density at radius 1 is 1.43 bits per heavy atom. The number of ether oxygens (including phenoxy) is 1. The van der Waals surface area contributed by atoms with Crippen LogP contribution in [0.1, 0.15) is 24.3 Å². The number of amides is 2. The fourth-order valence-electron chi connectivity index (χ4n) is 2.36. The minimum absolute atomic E-state index is 0.0638. The van der Waals surface area contributed by atoms with Gasteiger partial charge < -0.3 is 15.0 Å². The zero-order valence-corrected chi connectivity index (χ0v) is 13.3. The summed E-state index contributed by atoms with van der Waals surface area (Å²) in [7, 11) is 3.22. The summed E-state index contributed by atoms with van der Waals surface area (Å²) in [6.07, 6.45) is 0.307. The van der Waals surface area contributed by atoms with Gasteiger partial charge in [-0.2, -0.15) is 0 Å². The molecule has 1 heterocycles. The summed E-state index contributed by atoms with van der Waals surface area (Å²) in [6, 6.07) is 7.69. The second-order valence-electron chi connectivity index (χ2n) is 4.83. The van der Waals surface area contributed by atoms with E-state index in [1.807, 2.05) is 31.2 Å². The fourth-order valence-corrected chi connectivity index (χ4v) is 3.70. The van der Waals surface area contributed by atoms with Crippen LogP contribution in [-0.2, 0) is 9.59 Å². The van der Waals surface area contributed by atoms with Crippen molar-refractivity contribution in [2.24, 2.45) is 0 Å². The van der Waals surface area contributed by atoms with Crippen molar-refractivity contribution in [2.75, 3.05) is 20.7 Å². The van der Waals surface area contributed by atoms with Crippen molar-refractivity contribution in [3.63, 3.8) is 0 Å². The number of carbonyl (C=O) groups is 2. The monoisotopic (exact) mass is 308 g/mol. The van der Waals surface area contributed by atoms with Crippen LogP contribution in [0.15, 0.2) is 24.3 Å². The molecule has 1 aromatic carbocycles. The predicted molar refractivity (Wildman–Crippen MR) is 83.2 cm³/mol. The van der Waals surface area contributed by atoms with Crippen molar-refractivity contribution >= 4 is 23.6 Å². The summed E-state index contributed by atoms with van der Waals surface area (Å²) in [4.78, 5) is 25.5. The molecule has 0 aliphatic carbocycles. The van der Waals surface area contributed by atoms with E-state index in [0.717, 1.165) is 11.3 Å². The SMILES string of the molecule is CNC(=O)CCN1C(=O)[C@H](C)S[C@H]1c1ccccc1OC. The summed E-state index contributed by atoms with van der Waals surface area (Å²) in [5, 5.41) is 2.37. The standard InChI is InChI=1S/C15H20N2O3S/c1-10-14(19)17(9-8-13(18)16-2)15(21-10)11-6-4-5-7-12(11)20-3/h4-7,10,15H,8-9H2,1-3H3,(H,16,18)/t10-,15-/m0/s1. The Labute approximate surface area is 129 Å². The third-order valence-corrected chi connectivity index (χ3v) is 4.89. The zero-order chi connectivity index (χ0) is 15.4. The van der Waals surface area contributed by atoms with E-state index < -0.39 is 0 Å². The van der Waals surface area contributed by atoms with Gasteiger partial charge in [-0.1, -0.05) is 18.2 Å². The maximum Gasteiger partial charge on any atom is 0.236 e. The smallest absolute Gasteiger partial charge is 0.236 e. The first-order valence-electron chi connectivity index (χ1n) is 6.88. The van der Waals surface area contributed by atoms with Crippen LogP contribution in [0, 0.1) is 0 Å². The molecule has 0 bridgehead atoms. The van der Waals surface area contributed by atoms with Gasteiger partial charge in [0.25, 0.3) is 0 Å². The molecule has 1 aliphatic heterocycles. The lowest BCUT2D eigenvalue weighted by atomic mass is 10.1. The zero-order valence-electron chi connectivity index (χ0n) is 12.5. The van der Waals surface area contributed by atoms with Crippen LogP contribution in [0.4, 0.5) is 0 Å². The molecule has 6 heteroatoms. The summed E-state index contributed by atoms with van der Waals surface area (Å²) in [5.41, 5.74) is 0.972. The van der Waals surface area contributed by atoms with Gasteiger partial charge in [0.05, 0.1) is 12.4 Å². The van der Waals surface area contributed by atoms with Gasteiger partial charge in [-0.25, -0.2) is 0 Å². The molecule has 1 aromatic rings. The van der Waals surface area contributed by atoms with Crippen molar-refractivity contribution in [2.45, 2.75) is 24.0 Å². The number of carbonyl (C=O) groups excluding carboxylic acids is 2. The number of methoxy groups -OCH3 is 1. The lowest BCUT2D eigenvalue weighted by molar-refractivity contribution is -0.130. The molecule has 0 spiro atoms. The fraction of sp³-hybridized carbons (Fsp3) is 0.467. The number of para-hydroxylation sites is 1. The summed E-state index contributed by atoms with van der Waals surface area (Å²) in [6.45, 7) is 2.31. The summed E-state index contributed by atoms with van der Waals surface area (Å²) < 4.78 is 5.39. The van der Waals surface area contributed by atoms with Crippen molar-refractivity contribution in [3.05, 3.63) is 29.8 Å². The second-order valence-corrected chi connectivity index (χ2v) is 6.25. The van der Waals surface area contributed by atoms with Gasteiger partial charge in [-0.05, 0) is 13.0 Å². The van der Waals surface area contributed by atoms with E-state index in [9.17, 15) is 9.59 Å². The van der Waals surface area contributed by atoms with Crippen molar-refractivity contribution < 1.29 is 14.3 Å². The van der Waals surface area contributed by atoms with Crippen LogP contribution in [0.25, 0.3) is 0 Å². The number of nitrogens with zero attached hydrogens (tertiary/aromatic N) is 1. The topological polar surface area (TPSA) is 58.6 Å². The van der Waals surface area contributed by atoms with Crippen LogP contribution in [0.2, 0.25) is 0 Å². The van der Waals surface area contributed by atoms with Crippen LogP contribution in [-0.4, -0.2) is 42.7 Å². The molecule has 1 aliphatic rings. The highest BCUT2D eigenvalue weighted by atomic mass is 32.2. The normalized spacial score (nSPS) is 21.5. The molecule has 1 fully saturated rings. The van der Waals surface area contributed by atoms with Gasteiger partial charge in [0.2, 0.25) is 11.8 Å². The molecule has 5 nitrogen and oxygen atoms in total. The van der Waals surface area contributed by atoms with E-state index in [4.69, 9.17) is 4.74 Å². The van der Waals surface area contributed by atoms with E-state index in [-0.39, 0.29) is 22.4 Å². The number of benzene rings is 1. The number of rotatable bonds is 5. The van der Waals surface area contributed by atoms with Gasteiger partial charge in [-0.3, -0.25) is 9.59 Å². The highest BCUT2D eigenvalue weighted by Gasteiger charge is 2.39. The average molecular weight is 308 g/mol. The molecule has 0 aromatic heterocycles. The Kier molecular flexibility index (Phi) is 5.12. The minimum Gasteiger partial charge on any atom is -0.496 e. The Morgan fingerprint density at radius 3 is 2.81 bits per heavy atom. The van der Waals surface area contributed by atoms with E-state index in [1.54, 1.807) is 30.8 Å². The van der Waals surface area contributed by atoms with Gasteiger partial charge in [0.15, 0.2) is 0 Å². The molecule has 0 unspecified atom stereocenters. The number of thioether (sulfide) groups is 1. The predicted octanol–water partition coefficient (Wildman–Crippen LogP) is 1.79. The summed E-state index contributed by atoms with van der Waals surface area (Å²) >= 11 is 1.59. The first-order valence-corrected chi connectivity index (χ1v) is 7.82. The first kappa shape index (κ1) is 15.7. The van der Waals surface area contributed by atoms with Gasteiger partial charge in [0.1, 0.15) is 11.1 Å². The summed E-state index contributed by atoms with van der Waals surface area (Å²) in [5.74, 6) is 0.771. The minimum atomic E-state index is -0.107. The van der Waals surface area contributed by atoms with Crippen LogP contribution >= 0.6 is 11.8 Å². The Morgan fingerprint density at radius 2 is 2.14 bits per heavy atom. The maximum atomic E-state index is 12.3. The van der Waals surface area contributed by atoms with E-state index >= 15 is 0 Å². The quantitative estimate of drug-likeness (QED) is 0.901. The van der Waals surface area contributed by atoms with Crippen LogP contribution in [0.5, 0.6) is 5.75 Å². The molecule has 2 atom stereocenters. The molecular weight excluding hydrogens is 288 g/mol. The number of hydrogen-bond acceptors (Lipinski definition) is 4. The highest BCUT2D eigenvalue weighted by molar-refractivity contribution is 8.01. The van der Waals surface area contributed by atoms with Gasteiger partial charge >= 0.3 is 0 Å². The molecule has 114 valence electrons. The average Bonchev–Trinajstić information content (AvgIpc) is 2.80. The third kappa shape index (κ3) is 3.32. The lowest BCUT2D eigenvalue weighted by Gasteiger charge is -2.25. The lowest BCUT2D eigenvalue weighted by Crippen LogP contribution is -2.34. The Hall–Kier alpha value is -1.69. The molecule has 0 saturated carbocycles. The first-order chi connectivity index (χ1) is 10.1. The van der Waals surface area contributed by atoms with Crippen molar-refractivity contribution in [3.8, 4) is 5.75 Å². The van der Waals surface area contributed by atoms with Crippen LogP contribution < -0.4 is 10.1 Å². The largest absolute Gasteiger partial charge is 0.496 e. The van der Waals surface area contributed by atoms with Gasteiger partial charge in [0, 0.05) is 25.6 Å². The molecular formula is C15H20N2O3S. The highest BCUT2D eigenvalue weighted by Crippen LogP contribution is 2.45. The molecule has 2 rings (SSSR count). The Balaban J connectivity index is 2.23. The second kappa shape index (κ2) is 6.85. The van der Waals surface area contributed by atoms with E-state index in [2.05, 4.69) is 5.32 Å². The molecule has 1 saturated heterocycles. The number of hydrogen-bond donors (Lipinski definition) is 1. The van der Waals surface area contributed by atoms with E-state index in [1.165, 1.54) is 0 Å². The van der Waals surface area contributed by atoms with Gasteiger partial charge in [-0.15, -0.1) is 11.8 Å². The third-order valence-electron chi connectivity index (χ3n) is 3.51.